The van der Waals surface area contributed by atoms with Gasteiger partial charge >= 0.3 is 0 Å². The molecule has 1 N–H and O–H groups in total. The summed E-state index contributed by atoms with van der Waals surface area (Å²) in [5.74, 6) is 1.94. The first kappa shape index (κ1) is 21.7. The fourth-order valence-corrected chi connectivity index (χ4v) is 3.95. The van der Waals surface area contributed by atoms with Gasteiger partial charge in [-0.3, -0.25) is 4.79 Å². The lowest BCUT2D eigenvalue weighted by Gasteiger charge is -2.26. The lowest BCUT2D eigenvalue weighted by Crippen LogP contribution is -2.41. The minimum atomic E-state index is -0.337. The predicted octanol–water partition coefficient (Wildman–Crippen LogP) is 3.93. The van der Waals surface area contributed by atoms with Gasteiger partial charge in [0.1, 0.15) is 18.5 Å². The van der Waals surface area contributed by atoms with E-state index in [4.69, 9.17) is 9.47 Å². The molecule has 1 atom stereocenters. The van der Waals surface area contributed by atoms with E-state index in [2.05, 4.69) is 27.5 Å². The van der Waals surface area contributed by atoms with E-state index in [1.807, 2.05) is 73.7 Å². The molecule has 0 bridgehead atoms. The van der Waals surface area contributed by atoms with Gasteiger partial charge in [-0.05, 0) is 42.7 Å². The molecule has 0 saturated carbocycles. The average molecular weight is 455 g/mol. The van der Waals surface area contributed by atoms with Gasteiger partial charge in [-0.1, -0.05) is 60.7 Å². The Labute approximate surface area is 198 Å². The van der Waals surface area contributed by atoms with E-state index in [1.165, 1.54) is 5.56 Å². The van der Waals surface area contributed by atoms with Crippen molar-refractivity contribution in [1.82, 2.24) is 20.1 Å². The fraction of sp³-hybridized carbons (Fsp3) is 0.222. The lowest BCUT2D eigenvalue weighted by atomic mass is 10.1. The third kappa shape index (κ3) is 4.78. The Balaban J connectivity index is 1.32. The second kappa shape index (κ2) is 9.79. The molecule has 0 unspecified atom stereocenters. The zero-order valence-corrected chi connectivity index (χ0v) is 19.0. The summed E-state index contributed by atoms with van der Waals surface area (Å²) < 4.78 is 13.4. The molecule has 1 amide bonds. The smallest absolute Gasteiger partial charge is 0.291 e. The summed E-state index contributed by atoms with van der Waals surface area (Å²) in [6, 6.07) is 25.7. The van der Waals surface area contributed by atoms with Crippen LogP contribution < -0.4 is 14.8 Å². The number of ether oxygens (including phenoxy) is 2. The number of para-hydroxylation sites is 3. The van der Waals surface area contributed by atoms with Crippen molar-refractivity contribution < 1.29 is 14.3 Å². The maximum atomic E-state index is 12.9. The minimum Gasteiger partial charge on any atom is -0.486 e. The number of fused-ring (bicyclic) bond motifs is 1. The van der Waals surface area contributed by atoms with Crippen LogP contribution in [0.15, 0.2) is 78.9 Å². The topological polar surface area (TPSA) is 78.3 Å². The maximum Gasteiger partial charge on any atom is 0.291 e. The first-order chi connectivity index (χ1) is 16.7. The van der Waals surface area contributed by atoms with E-state index in [0.29, 0.717) is 31.1 Å². The number of hydrogen-bond acceptors (Lipinski definition) is 5. The van der Waals surface area contributed by atoms with Crippen molar-refractivity contribution in [2.45, 2.75) is 25.9 Å². The van der Waals surface area contributed by atoms with E-state index >= 15 is 0 Å². The number of amides is 1. The number of aryl methyl sites for hydroxylation is 3. The van der Waals surface area contributed by atoms with E-state index in [1.54, 1.807) is 4.68 Å². The second-order valence-corrected chi connectivity index (χ2v) is 8.24. The van der Waals surface area contributed by atoms with Gasteiger partial charge in [-0.15, -0.1) is 5.10 Å². The molecule has 0 saturated heterocycles. The monoisotopic (exact) mass is 454 g/mol. The maximum absolute atomic E-state index is 12.9. The summed E-state index contributed by atoms with van der Waals surface area (Å²) in [4.78, 5) is 17.6. The van der Waals surface area contributed by atoms with Gasteiger partial charge in [0.25, 0.3) is 5.91 Å². The summed E-state index contributed by atoms with van der Waals surface area (Å²) in [6.07, 6.45) is 1.18. The Morgan fingerprint density at radius 1 is 0.971 bits per heavy atom. The molecule has 4 aromatic rings. The first-order valence-corrected chi connectivity index (χ1v) is 11.4. The van der Waals surface area contributed by atoms with Crippen molar-refractivity contribution in [1.29, 1.82) is 0 Å². The molecule has 7 heteroatoms. The molecule has 2 heterocycles. The van der Waals surface area contributed by atoms with Crippen LogP contribution in [0.5, 0.6) is 11.5 Å². The van der Waals surface area contributed by atoms with Gasteiger partial charge in [0.05, 0.1) is 12.2 Å². The average Bonchev–Trinajstić information content (AvgIpc) is 3.31. The van der Waals surface area contributed by atoms with Crippen LogP contribution in [0.4, 0.5) is 0 Å². The van der Waals surface area contributed by atoms with Crippen LogP contribution in [0.3, 0.4) is 0 Å². The quantitative estimate of drug-likeness (QED) is 0.458. The Hall–Kier alpha value is -4.13. The lowest BCUT2D eigenvalue weighted by molar-refractivity contribution is 0.0783. The van der Waals surface area contributed by atoms with Gasteiger partial charge in [0.2, 0.25) is 5.82 Å². The van der Waals surface area contributed by atoms with Crippen LogP contribution in [0.1, 0.15) is 27.6 Å². The molecule has 172 valence electrons. The van der Waals surface area contributed by atoms with Crippen molar-refractivity contribution in [3.63, 3.8) is 0 Å². The summed E-state index contributed by atoms with van der Waals surface area (Å²) >= 11 is 0. The minimum absolute atomic E-state index is 0.142. The largest absolute Gasteiger partial charge is 0.486 e. The number of nitrogens with one attached hydrogen (secondary N) is 1. The zero-order chi connectivity index (χ0) is 23.3. The number of nitrogens with zero attached hydrogens (tertiary/aromatic N) is 3. The molecule has 0 spiro atoms. The highest BCUT2D eigenvalue weighted by molar-refractivity contribution is 5.90. The Bertz CT molecular complexity index is 1290. The van der Waals surface area contributed by atoms with Crippen LogP contribution in [0.2, 0.25) is 0 Å². The molecule has 0 aliphatic carbocycles. The zero-order valence-electron chi connectivity index (χ0n) is 19.0. The summed E-state index contributed by atoms with van der Waals surface area (Å²) in [7, 11) is 0. The van der Waals surface area contributed by atoms with E-state index in [0.717, 1.165) is 23.5 Å². The Kier molecular flexibility index (Phi) is 6.25. The molecular formula is C27H26N4O3. The predicted molar refractivity (Wildman–Crippen MR) is 129 cm³/mol. The van der Waals surface area contributed by atoms with E-state index < -0.39 is 0 Å². The van der Waals surface area contributed by atoms with Gasteiger partial charge in [-0.2, -0.15) is 0 Å². The van der Waals surface area contributed by atoms with Crippen molar-refractivity contribution in [3.05, 3.63) is 102 Å². The molecular weight excluding hydrogens is 428 g/mol. The van der Waals surface area contributed by atoms with Crippen LogP contribution >= 0.6 is 0 Å². The highest BCUT2D eigenvalue weighted by atomic mass is 16.6. The molecule has 34 heavy (non-hydrogen) atoms. The number of carbonyl (C=O) groups is 1. The van der Waals surface area contributed by atoms with Crippen molar-refractivity contribution >= 4 is 5.91 Å². The first-order valence-electron chi connectivity index (χ1n) is 11.4. The fourth-order valence-electron chi connectivity index (χ4n) is 3.95. The summed E-state index contributed by atoms with van der Waals surface area (Å²) in [6.45, 7) is 2.69. The number of hydrogen-bond donors (Lipinski definition) is 1. The van der Waals surface area contributed by atoms with E-state index in [-0.39, 0.29) is 17.8 Å². The highest BCUT2D eigenvalue weighted by Crippen LogP contribution is 2.30. The molecule has 0 fully saturated rings. The molecule has 3 aromatic carbocycles. The van der Waals surface area contributed by atoms with E-state index in [9.17, 15) is 4.79 Å². The number of aromatic nitrogens is 3. The number of benzene rings is 3. The molecule has 5 rings (SSSR count). The highest BCUT2D eigenvalue weighted by Gasteiger charge is 2.23. The van der Waals surface area contributed by atoms with Gasteiger partial charge < -0.3 is 14.8 Å². The molecule has 7 nitrogen and oxygen atoms in total. The molecule has 0 radical (unpaired) electrons. The van der Waals surface area contributed by atoms with Crippen LogP contribution in [-0.4, -0.2) is 39.9 Å². The number of rotatable bonds is 7. The standard InChI is InChI=1S/C27H26N4O3/c1-19-9-5-6-12-22(19)31-25(16-15-20-10-3-2-4-11-20)29-26(30-31)27(32)28-17-21-18-33-23-13-7-8-14-24(23)34-21/h2-14,21H,15-18H2,1H3,(H,28,32)/t21-/m1/s1. The third-order valence-corrected chi connectivity index (χ3v) is 5.76. The number of carbonyl (C=O) groups excluding carboxylic acids is 1. The molecule has 1 aliphatic heterocycles. The van der Waals surface area contributed by atoms with Crippen molar-refractivity contribution in [3.8, 4) is 17.2 Å². The summed E-state index contributed by atoms with van der Waals surface area (Å²) in [5, 5.41) is 7.47. The van der Waals surface area contributed by atoms with Gasteiger partial charge in [-0.25, -0.2) is 9.67 Å². The van der Waals surface area contributed by atoms with Crippen LogP contribution in [0.25, 0.3) is 5.69 Å². The van der Waals surface area contributed by atoms with Gasteiger partial charge in [0, 0.05) is 6.42 Å². The van der Waals surface area contributed by atoms with Crippen molar-refractivity contribution in [2.24, 2.45) is 0 Å². The molecule has 1 aliphatic rings. The normalized spacial score (nSPS) is 14.6. The molecule has 1 aromatic heterocycles. The van der Waals surface area contributed by atoms with Crippen LogP contribution in [-0.2, 0) is 12.8 Å². The Morgan fingerprint density at radius 3 is 2.53 bits per heavy atom. The van der Waals surface area contributed by atoms with Crippen LogP contribution in [0, 0.1) is 6.92 Å². The van der Waals surface area contributed by atoms with Gasteiger partial charge in [0.15, 0.2) is 11.5 Å². The van der Waals surface area contributed by atoms with Crippen molar-refractivity contribution in [2.75, 3.05) is 13.2 Å². The summed E-state index contributed by atoms with van der Waals surface area (Å²) in [5.41, 5.74) is 3.19. The Morgan fingerprint density at radius 2 is 1.71 bits per heavy atom. The third-order valence-electron chi connectivity index (χ3n) is 5.76. The SMILES string of the molecule is Cc1ccccc1-n1nc(C(=O)NC[C@@H]2COc3ccccc3O2)nc1CCc1ccccc1. The second-order valence-electron chi connectivity index (χ2n) is 8.24.